The van der Waals surface area contributed by atoms with Gasteiger partial charge in [0.25, 0.3) is 5.91 Å². The maximum atomic E-state index is 13.5. The number of nitrogens with zero attached hydrogens (tertiary/aromatic N) is 1. The number of aromatic nitrogens is 1. The number of amides is 1. The number of benzene rings is 2. The highest BCUT2D eigenvalue weighted by Crippen LogP contribution is 2.37. The maximum Gasteiger partial charge on any atom is 0.253 e. The van der Waals surface area contributed by atoms with Crippen LogP contribution in [-0.4, -0.2) is 16.7 Å². The monoisotopic (exact) mass is 421 g/mol. The highest BCUT2D eigenvalue weighted by Gasteiger charge is 2.28. The Labute approximate surface area is 180 Å². The molecule has 0 radical (unpaired) electrons. The fraction of sp³-hybridized carbons (Fsp3) is 0.280. The quantitative estimate of drug-likeness (QED) is 0.493. The van der Waals surface area contributed by atoms with E-state index in [4.69, 9.17) is 5.41 Å². The topological polar surface area (TPSA) is 57.9 Å². The number of carbonyl (C=O) groups excluding carboxylic acids is 1. The molecule has 0 bridgehead atoms. The van der Waals surface area contributed by atoms with Crippen LogP contribution in [0.15, 0.2) is 54.6 Å². The van der Waals surface area contributed by atoms with Gasteiger partial charge in [0.1, 0.15) is 0 Å². The minimum Gasteiger partial charge on any atom is -0.348 e. The van der Waals surface area contributed by atoms with Crippen molar-refractivity contribution in [1.82, 2.24) is 9.88 Å². The second kappa shape index (κ2) is 9.25. The number of nitrogens with one attached hydrogen (secondary N) is 2. The summed E-state index contributed by atoms with van der Waals surface area (Å²) < 4.78 is 28.7. The molecule has 1 amide bonds. The van der Waals surface area contributed by atoms with Crippen LogP contribution in [0.1, 0.15) is 64.5 Å². The summed E-state index contributed by atoms with van der Waals surface area (Å²) in [6, 6.07) is 15.4. The molecule has 2 N–H and O–H groups in total. The maximum absolute atomic E-state index is 13.5. The lowest BCUT2D eigenvalue weighted by Gasteiger charge is -2.18. The Morgan fingerprint density at radius 2 is 1.77 bits per heavy atom. The summed E-state index contributed by atoms with van der Waals surface area (Å²) >= 11 is 0. The van der Waals surface area contributed by atoms with Crippen LogP contribution in [0.3, 0.4) is 0 Å². The van der Waals surface area contributed by atoms with Crippen LogP contribution in [0.25, 0.3) is 0 Å². The number of hydrogen-bond donors (Lipinski definition) is 2. The van der Waals surface area contributed by atoms with Crippen molar-refractivity contribution < 1.29 is 13.6 Å². The van der Waals surface area contributed by atoms with E-state index in [0.717, 1.165) is 49.1 Å². The summed E-state index contributed by atoms with van der Waals surface area (Å²) in [7, 11) is 0. The highest BCUT2D eigenvalue weighted by molar-refractivity contribution is 5.97. The summed E-state index contributed by atoms with van der Waals surface area (Å²) in [5.74, 6) is -1.84. The predicted molar refractivity (Wildman–Crippen MR) is 117 cm³/mol. The van der Waals surface area contributed by atoms with E-state index in [2.05, 4.69) is 9.88 Å². The lowest BCUT2D eigenvalue weighted by atomic mass is 9.99. The highest BCUT2D eigenvalue weighted by atomic mass is 19.2. The summed E-state index contributed by atoms with van der Waals surface area (Å²) in [5, 5.41) is 10.7. The first kappa shape index (κ1) is 21.0. The fourth-order valence-electron chi connectivity index (χ4n) is 4.39. The molecule has 1 aliphatic rings. The van der Waals surface area contributed by atoms with Crippen LogP contribution in [0.2, 0.25) is 0 Å². The molecule has 1 saturated carbocycles. The molecule has 0 atom stereocenters. The molecular weight excluding hydrogens is 396 g/mol. The number of hydrogen-bond acceptors (Lipinski definition) is 2. The Bertz CT molecular complexity index is 1090. The number of rotatable bonds is 7. The zero-order valence-corrected chi connectivity index (χ0v) is 17.2. The summed E-state index contributed by atoms with van der Waals surface area (Å²) in [5.41, 5.74) is 3.80. The molecule has 0 spiro atoms. The van der Waals surface area contributed by atoms with Gasteiger partial charge in [0.2, 0.25) is 0 Å². The van der Waals surface area contributed by atoms with Gasteiger partial charge in [-0.2, -0.15) is 0 Å². The van der Waals surface area contributed by atoms with Gasteiger partial charge in [0.15, 0.2) is 11.6 Å². The van der Waals surface area contributed by atoms with E-state index in [0.29, 0.717) is 23.4 Å². The van der Waals surface area contributed by atoms with Crippen molar-refractivity contribution in [2.45, 2.75) is 44.7 Å². The smallest absolute Gasteiger partial charge is 0.253 e. The molecule has 2 aromatic carbocycles. The Balaban J connectivity index is 1.64. The van der Waals surface area contributed by atoms with E-state index in [1.165, 1.54) is 12.3 Å². The zero-order chi connectivity index (χ0) is 21.8. The number of carbonyl (C=O) groups is 1. The van der Waals surface area contributed by atoms with Crippen LogP contribution < -0.4 is 5.32 Å². The van der Waals surface area contributed by atoms with Gasteiger partial charge in [0, 0.05) is 30.9 Å². The van der Waals surface area contributed by atoms with Gasteiger partial charge in [-0.1, -0.05) is 49.2 Å². The van der Waals surface area contributed by atoms with Gasteiger partial charge in [-0.15, -0.1) is 0 Å². The van der Waals surface area contributed by atoms with E-state index >= 15 is 0 Å². The second-order valence-corrected chi connectivity index (χ2v) is 8.00. The molecular formula is C25H25F2N3O. The van der Waals surface area contributed by atoms with Crippen LogP contribution in [0, 0.1) is 17.0 Å². The van der Waals surface area contributed by atoms with Gasteiger partial charge in [0.05, 0.1) is 11.3 Å². The SMILES string of the molecule is N=Cc1cc(C(=O)NCc2ccc(F)c(F)c2)c(C2CCCC2)n1Cc1ccccc1. The van der Waals surface area contributed by atoms with Gasteiger partial charge in [-0.05, 0) is 42.2 Å². The van der Waals surface area contributed by atoms with Crippen LogP contribution in [-0.2, 0) is 13.1 Å². The third-order valence-electron chi connectivity index (χ3n) is 5.93. The molecule has 1 fully saturated rings. The van der Waals surface area contributed by atoms with Crippen LogP contribution in [0.4, 0.5) is 8.78 Å². The standard InChI is InChI=1S/C25H25F2N3O/c26-22-11-10-18(12-23(22)27)15-29-25(31)21-13-20(14-28)30(16-17-6-2-1-3-7-17)24(21)19-8-4-5-9-19/h1-3,6-7,10-14,19,28H,4-5,8-9,15-16H2,(H,29,31). The molecule has 6 heteroatoms. The fourth-order valence-corrected chi connectivity index (χ4v) is 4.39. The van der Waals surface area contributed by atoms with E-state index in [9.17, 15) is 13.6 Å². The third-order valence-corrected chi connectivity index (χ3v) is 5.93. The summed E-state index contributed by atoms with van der Waals surface area (Å²) in [6.45, 7) is 0.692. The van der Waals surface area contributed by atoms with Crippen molar-refractivity contribution >= 4 is 12.1 Å². The normalized spacial score (nSPS) is 14.0. The van der Waals surface area contributed by atoms with Crippen molar-refractivity contribution in [3.63, 3.8) is 0 Å². The van der Waals surface area contributed by atoms with Gasteiger partial charge in [-0.25, -0.2) is 8.78 Å². The van der Waals surface area contributed by atoms with E-state index < -0.39 is 11.6 Å². The van der Waals surface area contributed by atoms with Crippen molar-refractivity contribution in [3.8, 4) is 0 Å². The first-order chi connectivity index (χ1) is 15.1. The van der Waals surface area contributed by atoms with Crippen molar-refractivity contribution in [1.29, 1.82) is 5.41 Å². The van der Waals surface area contributed by atoms with Crippen molar-refractivity contribution in [2.24, 2.45) is 0 Å². The summed E-state index contributed by atoms with van der Waals surface area (Å²) in [6.07, 6.45) is 5.56. The molecule has 4 nitrogen and oxygen atoms in total. The van der Waals surface area contributed by atoms with Crippen LogP contribution in [0.5, 0.6) is 0 Å². The lowest BCUT2D eigenvalue weighted by Crippen LogP contribution is -2.24. The zero-order valence-electron chi connectivity index (χ0n) is 17.2. The minimum absolute atomic E-state index is 0.101. The van der Waals surface area contributed by atoms with E-state index in [1.54, 1.807) is 6.07 Å². The first-order valence-electron chi connectivity index (χ1n) is 10.6. The first-order valence-corrected chi connectivity index (χ1v) is 10.6. The molecule has 3 aromatic rings. The molecule has 1 heterocycles. The summed E-state index contributed by atoms with van der Waals surface area (Å²) in [4.78, 5) is 13.1. The van der Waals surface area contributed by atoms with Gasteiger partial charge < -0.3 is 15.3 Å². The molecule has 0 aliphatic heterocycles. The predicted octanol–water partition coefficient (Wildman–Crippen LogP) is 5.40. The lowest BCUT2D eigenvalue weighted by molar-refractivity contribution is 0.0949. The van der Waals surface area contributed by atoms with Crippen molar-refractivity contribution in [3.05, 3.63) is 94.3 Å². The molecule has 0 saturated heterocycles. The average molecular weight is 421 g/mol. The molecule has 1 aromatic heterocycles. The largest absolute Gasteiger partial charge is 0.348 e. The molecule has 4 rings (SSSR count). The van der Waals surface area contributed by atoms with E-state index in [-0.39, 0.29) is 18.4 Å². The Morgan fingerprint density at radius 3 is 2.45 bits per heavy atom. The Hall–Kier alpha value is -3.28. The third kappa shape index (κ3) is 4.58. The van der Waals surface area contributed by atoms with Gasteiger partial charge in [-0.3, -0.25) is 4.79 Å². The molecule has 0 unspecified atom stereocenters. The minimum atomic E-state index is -0.932. The average Bonchev–Trinajstić information content (AvgIpc) is 3.43. The second-order valence-electron chi connectivity index (χ2n) is 8.00. The van der Waals surface area contributed by atoms with Crippen LogP contribution >= 0.6 is 0 Å². The van der Waals surface area contributed by atoms with Gasteiger partial charge >= 0.3 is 0 Å². The Kier molecular flexibility index (Phi) is 6.26. The molecule has 160 valence electrons. The Morgan fingerprint density at radius 1 is 1.03 bits per heavy atom. The number of halogens is 2. The molecule has 1 aliphatic carbocycles. The molecule has 31 heavy (non-hydrogen) atoms. The van der Waals surface area contributed by atoms with Crippen molar-refractivity contribution in [2.75, 3.05) is 0 Å². The van der Waals surface area contributed by atoms with E-state index in [1.807, 2.05) is 30.3 Å².